The molecular formula is C15H26N4O2S. The summed E-state index contributed by atoms with van der Waals surface area (Å²) in [7, 11) is -2.00. The van der Waals surface area contributed by atoms with Crippen molar-refractivity contribution in [3.63, 3.8) is 0 Å². The molecule has 0 aromatic heterocycles. The summed E-state index contributed by atoms with van der Waals surface area (Å²) in [4.78, 5) is 4.77. The van der Waals surface area contributed by atoms with Crippen LogP contribution in [0.5, 0.6) is 0 Å². The zero-order valence-electron chi connectivity index (χ0n) is 13.3. The third-order valence-electron chi connectivity index (χ3n) is 4.21. The molecule has 1 aromatic rings. The zero-order chi connectivity index (χ0) is 16.0. The predicted molar refractivity (Wildman–Crippen MR) is 88.9 cm³/mol. The summed E-state index contributed by atoms with van der Waals surface area (Å²) in [6.45, 7) is 7.57. The Hall–Kier alpha value is -0.990. The Balaban J connectivity index is 2.09. The van der Waals surface area contributed by atoms with Gasteiger partial charge < -0.3 is 4.90 Å². The van der Waals surface area contributed by atoms with Gasteiger partial charge in [0.2, 0.25) is 0 Å². The number of hydrogen-bond acceptors (Lipinski definition) is 4. The van der Waals surface area contributed by atoms with Crippen molar-refractivity contribution in [1.29, 1.82) is 0 Å². The molecule has 2 N–H and O–H groups in total. The first-order chi connectivity index (χ1) is 10.6. The summed E-state index contributed by atoms with van der Waals surface area (Å²) >= 11 is 0. The quantitative estimate of drug-likeness (QED) is 0.762. The molecule has 1 fully saturated rings. The monoisotopic (exact) mass is 326 g/mol. The van der Waals surface area contributed by atoms with E-state index in [9.17, 15) is 8.42 Å². The average Bonchev–Trinajstić information content (AvgIpc) is 2.56. The van der Waals surface area contributed by atoms with Crippen LogP contribution < -0.4 is 9.44 Å². The minimum absolute atomic E-state index is 0.0586. The van der Waals surface area contributed by atoms with E-state index in [0.29, 0.717) is 6.54 Å². The van der Waals surface area contributed by atoms with Crippen LogP contribution in [0.25, 0.3) is 0 Å². The van der Waals surface area contributed by atoms with Gasteiger partial charge in [-0.1, -0.05) is 37.3 Å². The van der Waals surface area contributed by atoms with E-state index in [1.54, 1.807) is 0 Å². The van der Waals surface area contributed by atoms with Crippen LogP contribution in [-0.2, 0) is 10.2 Å². The summed E-state index contributed by atoms with van der Waals surface area (Å²) in [5, 5.41) is 0. The van der Waals surface area contributed by atoms with Gasteiger partial charge in [-0.2, -0.15) is 8.42 Å². The summed E-state index contributed by atoms with van der Waals surface area (Å²) in [6, 6.07) is 10.2. The first-order valence-electron chi connectivity index (χ1n) is 7.75. The predicted octanol–water partition coefficient (Wildman–Crippen LogP) is 0.419. The number of benzene rings is 1. The van der Waals surface area contributed by atoms with E-state index in [-0.39, 0.29) is 6.04 Å². The number of hydrogen-bond donors (Lipinski definition) is 2. The third kappa shape index (κ3) is 4.76. The first-order valence-corrected chi connectivity index (χ1v) is 9.23. The molecular weight excluding hydrogens is 300 g/mol. The van der Waals surface area contributed by atoms with Gasteiger partial charge in [-0.25, -0.2) is 9.44 Å². The molecule has 6 nitrogen and oxygen atoms in total. The highest BCUT2D eigenvalue weighted by atomic mass is 32.2. The van der Waals surface area contributed by atoms with E-state index in [0.717, 1.165) is 38.3 Å². The molecule has 0 spiro atoms. The van der Waals surface area contributed by atoms with Gasteiger partial charge >= 0.3 is 0 Å². The molecule has 2 rings (SSSR count). The molecule has 22 heavy (non-hydrogen) atoms. The van der Waals surface area contributed by atoms with Crippen LogP contribution in [0.2, 0.25) is 0 Å². The van der Waals surface area contributed by atoms with Crippen molar-refractivity contribution in [3.8, 4) is 0 Å². The average molecular weight is 326 g/mol. The standard InChI is InChI=1S/C15H26N4O2S/c1-3-18-9-11-19(12-10-18)15(13-17-22(20,21)16-2)14-7-5-4-6-8-14/h4-8,15-17H,3,9-13H2,1-2H3. The van der Waals surface area contributed by atoms with Crippen molar-refractivity contribution in [2.45, 2.75) is 13.0 Å². The Bertz CT molecular complexity index is 542. The van der Waals surface area contributed by atoms with Gasteiger partial charge in [0.25, 0.3) is 10.2 Å². The van der Waals surface area contributed by atoms with E-state index >= 15 is 0 Å². The second-order valence-electron chi connectivity index (χ2n) is 5.45. The van der Waals surface area contributed by atoms with E-state index in [1.807, 2.05) is 18.2 Å². The maximum Gasteiger partial charge on any atom is 0.276 e. The van der Waals surface area contributed by atoms with Crippen LogP contribution in [0.4, 0.5) is 0 Å². The van der Waals surface area contributed by atoms with Crippen molar-refractivity contribution >= 4 is 10.2 Å². The lowest BCUT2D eigenvalue weighted by Crippen LogP contribution is -2.50. The van der Waals surface area contributed by atoms with Gasteiger partial charge in [0.05, 0.1) is 0 Å². The zero-order valence-corrected chi connectivity index (χ0v) is 14.1. The van der Waals surface area contributed by atoms with Gasteiger partial charge in [0.1, 0.15) is 0 Å². The lowest BCUT2D eigenvalue weighted by molar-refractivity contribution is 0.100. The van der Waals surface area contributed by atoms with Crippen LogP contribution in [0.3, 0.4) is 0 Å². The first kappa shape index (κ1) is 17.4. The molecule has 0 bridgehead atoms. The van der Waals surface area contributed by atoms with E-state index < -0.39 is 10.2 Å². The SMILES string of the molecule is CCN1CCN(C(CNS(=O)(=O)NC)c2ccccc2)CC1. The molecule has 1 aromatic carbocycles. The van der Waals surface area contributed by atoms with Gasteiger partial charge in [0, 0.05) is 45.8 Å². The molecule has 0 amide bonds. The van der Waals surface area contributed by atoms with Crippen molar-refractivity contribution in [2.24, 2.45) is 0 Å². The number of rotatable bonds is 7. The van der Waals surface area contributed by atoms with Crippen molar-refractivity contribution in [2.75, 3.05) is 46.3 Å². The molecule has 0 radical (unpaired) electrons. The van der Waals surface area contributed by atoms with Gasteiger partial charge in [-0.05, 0) is 12.1 Å². The lowest BCUT2D eigenvalue weighted by Gasteiger charge is -2.39. The second kappa shape index (κ2) is 8.03. The van der Waals surface area contributed by atoms with E-state index in [4.69, 9.17) is 0 Å². The van der Waals surface area contributed by atoms with Gasteiger partial charge in [-0.3, -0.25) is 4.90 Å². The minimum Gasteiger partial charge on any atom is -0.301 e. The van der Waals surface area contributed by atoms with Gasteiger partial charge in [-0.15, -0.1) is 0 Å². The lowest BCUT2D eigenvalue weighted by atomic mass is 10.0. The minimum atomic E-state index is -3.41. The van der Waals surface area contributed by atoms with Crippen LogP contribution in [0.15, 0.2) is 30.3 Å². The highest BCUT2D eigenvalue weighted by Gasteiger charge is 2.25. The number of likely N-dealkylation sites (N-methyl/N-ethyl adjacent to an activating group) is 1. The van der Waals surface area contributed by atoms with Crippen molar-refractivity contribution < 1.29 is 8.42 Å². The Labute approximate surface area is 133 Å². The van der Waals surface area contributed by atoms with Crippen LogP contribution in [0, 0.1) is 0 Å². The molecule has 0 aliphatic carbocycles. The highest BCUT2D eigenvalue weighted by Crippen LogP contribution is 2.21. The fraction of sp³-hybridized carbons (Fsp3) is 0.600. The van der Waals surface area contributed by atoms with E-state index in [1.165, 1.54) is 7.05 Å². The molecule has 1 aliphatic rings. The van der Waals surface area contributed by atoms with Crippen LogP contribution >= 0.6 is 0 Å². The normalized spacial score (nSPS) is 19.2. The molecule has 1 heterocycles. The van der Waals surface area contributed by atoms with Crippen molar-refractivity contribution in [1.82, 2.24) is 19.2 Å². The summed E-state index contributed by atoms with van der Waals surface area (Å²) < 4.78 is 28.3. The molecule has 1 atom stereocenters. The largest absolute Gasteiger partial charge is 0.301 e. The molecule has 7 heteroatoms. The Kier molecular flexibility index (Phi) is 6.34. The fourth-order valence-electron chi connectivity index (χ4n) is 2.79. The van der Waals surface area contributed by atoms with Crippen LogP contribution in [0.1, 0.15) is 18.5 Å². The fourth-order valence-corrected chi connectivity index (χ4v) is 3.31. The van der Waals surface area contributed by atoms with Crippen LogP contribution in [-0.4, -0.2) is 64.5 Å². The molecule has 0 saturated carbocycles. The maximum absolute atomic E-state index is 11.7. The summed E-state index contributed by atoms with van der Waals surface area (Å²) in [5.74, 6) is 0. The summed E-state index contributed by atoms with van der Waals surface area (Å²) in [6.07, 6.45) is 0. The number of piperazine rings is 1. The highest BCUT2D eigenvalue weighted by molar-refractivity contribution is 7.87. The third-order valence-corrected chi connectivity index (χ3v) is 5.30. The molecule has 1 saturated heterocycles. The Morgan fingerprint density at radius 1 is 1.14 bits per heavy atom. The smallest absolute Gasteiger partial charge is 0.276 e. The molecule has 1 aliphatic heterocycles. The molecule has 1 unspecified atom stereocenters. The number of nitrogens with one attached hydrogen (secondary N) is 2. The van der Waals surface area contributed by atoms with Gasteiger partial charge in [0.15, 0.2) is 0 Å². The Morgan fingerprint density at radius 3 is 2.32 bits per heavy atom. The molecule has 124 valence electrons. The van der Waals surface area contributed by atoms with E-state index in [2.05, 4.69) is 38.3 Å². The summed E-state index contributed by atoms with van der Waals surface area (Å²) in [5.41, 5.74) is 1.14. The topological polar surface area (TPSA) is 64.7 Å². The Morgan fingerprint density at radius 2 is 1.77 bits per heavy atom. The van der Waals surface area contributed by atoms with Crippen molar-refractivity contribution in [3.05, 3.63) is 35.9 Å². The number of nitrogens with zero attached hydrogens (tertiary/aromatic N) is 2. The maximum atomic E-state index is 11.7. The second-order valence-corrected chi connectivity index (χ2v) is 7.16.